The molecule has 2 saturated heterocycles. The van der Waals surface area contributed by atoms with Gasteiger partial charge in [-0.25, -0.2) is 13.4 Å². The Labute approximate surface area is 240 Å². The number of carbonyl (C=O) groups is 1. The lowest BCUT2D eigenvalue weighted by Gasteiger charge is -2.27. The van der Waals surface area contributed by atoms with Crippen LogP contribution in [-0.4, -0.2) is 60.6 Å². The number of sulfone groups is 1. The highest BCUT2D eigenvalue weighted by molar-refractivity contribution is 7.92. The number of thiazole rings is 1. The minimum absolute atomic E-state index is 0. The molecule has 1 unspecified atom stereocenters. The van der Waals surface area contributed by atoms with Crippen LogP contribution in [0, 0.1) is 5.92 Å². The molecule has 3 aliphatic rings. The summed E-state index contributed by atoms with van der Waals surface area (Å²) in [6.45, 7) is 4.10. The molecule has 0 amide bonds. The zero-order valence-corrected chi connectivity index (χ0v) is 24.5. The molecule has 3 aromatic rings. The third-order valence-corrected chi connectivity index (χ3v) is 11.4. The lowest BCUT2D eigenvalue weighted by Crippen LogP contribution is -2.32. The number of benzene rings is 1. The van der Waals surface area contributed by atoms with Gasteiger partial charge in [-0.15, -0.1) is 23.7 Å². The lowest BCUT2D eigenvalue weighted by molar-refractivity contribution is -0.121. The van der Waals surface area contributed by atoms with E-state index in [0.717, 1.165) is 86.9 Å². The summed E-state index contributed by atoms with van der Waals surface area (Å²) in [5.41, 5.74) is 3.28. The summed E-state index contributed by atoms with van der Waals surface area (Å²) in [5.74, 6) is 1.08. The standard InChI is InChI=1S/C29H35N3O4S2.ClH/c33-22-9-13-32(14-10-22)19-23-18-30-29(37-23)28-8-7-27(31-28)26(17-20-11-15-36-16-12-20)21-1-3-24(4-2-21)38(34,35)25-5-6-25;/h1-4,7-8,18,20,25-26,31H,5-6,9-17,19H2;1H. The second-order valence-corrected chi connectivity index (χ2v) is 14.3. The highest BCUT2D eigenvalue weighted by Gasteiger charge is 2.37. The molecule has 7 nitrogen and oxygen atoms in total. The van der Waals surface area contributed by atoms with Gasteiger partial charge in [-0.3, -0.25) is 9.69 Å². The summed E-state index contributed by atoms with van der Waals surface area (Å²) in [4.78, 5) is 23.9. The average molecular weight is 590 g/mol. The van der Waals surface area contributed by atoms with Gasteiger partial charge in [0, 0.05) is 68.4 Å². The van der Waals surface area contributed by atoms with E-state index in [0.29, 0.717) is 29.4 Å². The third kappa shape index (κ3) is 6.65. The highest BCUT2D eigenvalue weighted by atomic mass is 35.5. The van der Waals surface area contributed by atoms with Gasteiger partial charge in [0.1, 0.15) is 10.8 Å². The fourth-order valence-electron chi connectivity index (χ4n) is 5.64. The molecular formula is C29H36ClN3O4S2. The molecule has 1 saturated carbocycles. The van der Waals surface area contributed by atoms with Crippen LogP contribution in [-0.2, 0) is 25.9 Å². The number of hydrogen-bond acceptors (Lipinski definition) is 7. The molecule has 210 valence electrons. The molecule has 1 aliphatic carbocycles. The summed E-state index contributed by atoms with van der Waals surface area (Å²) in [5, 5.41) is 0.771. The van der Waals surface area contributed by atoms with E-state index in [-0.39, 0.29) is 23.6 Å². The van der Waals surface area contributed by atoms with E-state index in [1.165, 1.54) is 4.88 Å². The van der Waals surface area contributed by atoms with Crippen LogP contribution in [0.5, 0.6) is 0 Å². The minimum atomic E-state index is -3.19. The van der Waals surface area contributed by atoms with Gasteiger partial charge >= 0.3 is 0 Å². The van der Waals surface area contributed by atoms with Crippen molar-refractivity contribution in [2.24, 2.45) is 5.92 Å². The molecule has 2 aromatic heterocycles. The van der Waals surface area contributed by atoms with Gasteiger partial charge in [-0.2, -0.15) is 0 Å². The predicted molar refractivity (Wildman–Crippen MR) is 155 cm³/mol. The molecule has 1 atom stereocenters. The second-order valence-electron chi connectivity index (χ2n) is 10.9. The first-order chi connectivity index (χ1) is 18.5. The van der Waals surface area contributed by atoms with Gasteiger partial charge in [0.2, 0.25) is 0 Å². The molecule has 1 aromatic carbocycles. The highest BCUT2D eigenvalue weighted by Crippen LogP contribution is 2.38. The second kappa shape index (κ2) is 12.2. The Hall–Kier alpha value is -2.04. The number of likely N-dealkylation sites (tertiary alicyclic amines) is 1. The first-order valence-corrected chi connectivity index (χ1v) is 16.1. The molecule has 0 radical (unpaired) electrons. The van der Waals surface area contributed by atoms with Gasteiger partial charge in [-0.05, 0) is 67.9 Å². The van der Waals surface area contributed by atoms with Crippen molar-refractivity contribution in [2.45, 2.75) is 67.6 Å². The summed E-state index contributed by atoms with van der Waals surface area (Å²) < 4.78 is 31.0. The predicted octanol–water partition coefficient (Wildman–Crippen LogP) is 5.61. The number of carbonyl (C=O) groups excluding carboxylic acids is 1. The quantitative estimate of drug-likeness (QED) is 0.349. The van der Waals surface area contributed by atoms with Crippen LogP contribution in [0.25, 0.3) is 10.7 Å². The number of aromatic nitrogens is 2. The summed E-state index contributed by atoms with van der Waals surface area (Å²) in [6, 6.07) is 11.9. The Morgan fingerprint density at radius 2 is 1.74 bits per heavy atom. The number of nitrogens with one attached hydrogen (secondary N) is 1. The maximum Gasteiger partial charge on any atom is 0.181 e. The Morgan fingerprint density at radius 3 is 2.44 bits per heavy atom. The number of aromatic amines is 1. The fourth-order valence-corrected chi connectivity index (χ4v) is 8.24. The maximum atomic E-state index is 12.7. The Bertz CT molecular complexity index is 1370. The summed E-state index contributed by atoms with van der Waals surface area (Å²) in [7, 11) is -3.19. The number of H-pyrrole nitrogens is 1. The van der Waals surface area contributed by atoms with E-state index >= 15 is 0 Å². The van der Waals surface area contributed by atoms with Crippen LogP contribution < -0.4 is 0 Å². The zero-order chi connectivity index (χ0) is 26.1. The number of hydrogen-bond donors (Lipinski definition) is 1. The Kier molecular flexibility index (Phi) is 8.93. The van der Waals surface area contributed by atoms with Gasteiger partial charge in [0.15, 0.2) is 9.84 Å². The summed E-state index contributed by atoms with van der Waals surface area (Å²) >= 11 is 1.70. The third-order valence-electron chi connectivity index (χ3n) is 8.15. The Morgan fingerprint density at radius 1 is 1.03 bits per heavy atom. The molecule has 3 fully saturated rings. The van der Waals surface area contributed by atoms with Crippen molar-refractivity contribution in [3.8, 4) is 10.7 Å². The largest absolute Gasteiger partial charge is 0.381 e. The smallest absolute Gasteiger partial charge is 0.181 e. The van der Waals surface area contributed by atoms with E-state index < -0.39 is 9.84 Å². The van der Waals surface area contributed by atoms with Crippen molar-refractivity contribution in [1.29, 1.82) is 0 Å². The first-order valence-electron chi connectivity index (χ1n) is 13.8. The van der Waals surface area contributed by atoms with Crippen LogP contribution >= 0.6 is 23.7 Å². The molecule has 1 N–H and O–H groups in total. The van der Waals surface area contributed by atoms with E-state index in [2.05, 4.69) is 22.0 Å². The van der Waals surface area contributed by atoms with Crippen LogP contribution in [0.3, 0.4) is 0 Å². The van der Waals surface area contributed by atoms with E-state index in [1.807, 2.05) is 18.3 Å². The molecule has 2 aliphatic heterocycles. The van der Waals surface area contributed by atoms with Gasteiger partial charge in [0.05, 0.1) is 15.8 Å². The van der Waals surface area contributed by atoms with Crippen LogP contribution in [0.4, 0.5) is 0 Å². The molecule has 4 heterocycles. The number of piperidine rings is 1. The number of ketones is 1. The molecule has 10 heteroatoms. The molecule has 6 rings (SSSR count). The molecule has 39 heavy (non-hydrogen) atoms. The van der Waals surface area contributed by atoms with Crippen LogP contribution in [0.1, 0.15) is 67.0 Å². The molecular weight excluding hydrogens is 554 g/mol. The SMILES string of the molecule is Cl.O=C1CCN(Cc2cnc(-c3ccc(C(CC4CCOCC4)c4ccc(S(=O)(=O)C5CC5)cc4)[nH]3)s2)CC1. The Balaban J connectivity index is 0.00000308. The van der Waals surface area contributed by atoms with Crippen LogP contribution in [0.2, 0.25) is 0 Å². The topological polar surface area (TPSA) is 92.4 Å². The number of nitrogens with zero attached hydrogens (tertiary/aromatic N) is 2. The van der Waals surface area contributed by atoms with E-state index in [9.17, 15) is 13.2 Å². The normalized spacial score (nSPS) is 20.1. The maximum absolute atomic E-state index is 12.7. The van der Waals surface area contributed by atoms with Crippen molar-refractivity contribution in [1.82, 2.24) is 14.9 Å². The van der Waals surface area contributed by atoms with Crippen molar-refractivity contribution >= 4 is 39.4 Å². The first kappa shape index (κ1) is 28.5. The van der Waals surface area contributed by atoms with Gasteiger partial charge in [-0.1, -0.05) is 12.1 Å². The van der Waals surface area contributed by atoms with E-state index in [1.54, 1.807) is 23.5 Å². The summed E-state index contributed by atoms with van der Waals surface area (Å²) in [6.07, 6.45) is 7.90. The number of rotatable bonds is 9. The number of Topliss-reactive ketones (excluding diaryl/α,β-unsaturated/α-hetero) is 1. The minimum Gasteiger partial charge on any atom is -0.381 e. The van der Waals surface area contributed by atoms with Crippen LogP contribution in [0.15, 0.2) is 47.5 Å². The fraction of sp³-hybridized carbons (Fsp3) is 0.517. The van der Waals surface area contributed by atoms with Crippen molar-refractivity contribution in [2.75, 3.05) is 26.3 Å². The average Bonchev–Trinajstić information content (AvgIpc) is 3.53. The van der Waals surface area contributed by atoms with Crippen molar-refractivity contribution < 1.29 is 17.9 Å². The number of halogens is 1. The lowest BCUT2D eigenvalue weighted by atomic mass is 9.83. The van der Waals surface area contributed by atoms with Crippen molar-refractivity contribution in [3.05, 3.63) is 58.7 Å². The van der Waals surface area contributed by atoms with Gasteiger partial charge < -0.3 is 9.72 Å². The van der Waals surface area contributed by atoms with Gasteiger partial charge in [0.25, 0.3) is 0 Å². The molecule has 0 bridgehead atoms. The monoisotopic (exact) mass is 589 g/mol. The van der Waals surface area contributed by atoms with E-state index in [4.69, 9.17) is 9.72 Å². The zero-order valence-electron chi connectivity index (χ0n) is 22.0. The van der Waals surface area contributed by atoms with Crippen molar-refractivity contribution in [3.63, 3.8) is 0 Å². The number of ether oxygens (including phenoxy) is 1. The molecule has 0 spiro atoms.